The van der Waals surface area contributed by atoms with Gasteiger partial charge in [0.2, 0.25) is 0 Å². The van der Waals surface area contributed by atoms with Gasteiger partial charge in [0, 0.05) is 43.8 Å². The van der Waals surface area contributed by atoms with Crippen LogP contribution in [0.15, 0.2) is 534 Å². The summed E-state index contributed by atoms with van der Waals surface area (Å²) in [4.78, 5) is 45.9. The van der Waals surface area contributed by atoms with Gasteiger partial charge < -0.3 is 9.97 Å². The fraction of sp³-hybridized carbons (Fsp3) is 0. The Bertz CT molecular complexity index is 7410. The van der Waals surface area contributed by atoms with Gasteiger partial charge >= 0.3 is 0 Å². The molecule has 682 valence electrons. The summed E-state index contributed by atoms with van der Waals surface area (Å²) < 4.78 is 0. The summed E-state index contributed by atoms with van der Waals surface area (Å²) in [6, 6.07) is 199. The average Bonchev–Trinajstić information content (AvgIpc) is 1.56. The van der Waals surface area contributed by atoms with Crippen molar-refractivity contribution >= 4 is 235 Å². The van der Waals surface area contributed by atoms with E-state index in [-0.39, 0.29) is 0 Å². The first-order valence-electron chi connectivity index (χ1n) is 48.2. The van der Waals surface area contributed by atoms with E-state index >= 15 is 0 Å². The minimum Gasteiger partial charge on any atom is -0.324 e. The molecule has 25 rings (SSSR count). The normalized spacial score (nSPS) is 11.8. The lowest BCUT2D eigenvalue weighted by Gasteiger charge is -2.28. The molecule has 2 aliphatic heterocycles. The number of aromatic nitrogens is 8. The number of hydrogen-bond acceptors (Lipinski definition) is 6. The Hall–Kier alpha value is -14.8. The third-order valence-corrected chi connectivity index (χ3v) is 46.9. The zero-order chi connectivity index (χ0) is 95.6. The lowest BCUT2D eigenvalue weighted by molar-refractivity contribution is 1.19. The number of benzene rings is 20. The number of nitrogens with one attached hydrogen (secondary N) is 2. The summed E-state index contributed by atoms with van der Waals surface area (Å²) in [5, 5.41) is 32.6. The minimum atomic E-state index is -1.32. The van der Waals surface area contributed by atoms with Gasteiger partial charge in [-0.25, -0.2) is 29.9 Å². The molecule has 0 aliphatic carbocycles. The van der Waals surface area contributed by atoms with Gasteiger partial charge in [0.1, 0.15) is 22.6 Å². The van der Waals surface area contributed by atoms with Crippen LogP contribution in [0.5, 0.6) is 0 Å². The van der Waals surface area contributed by atoms with Gasteiger partial charge in [-0.3, -0.25) is 0 Å². The number of fused-ring (bicyclic) bond motifs is 20. The zero-order valence-corrected chi connectivity index (χ0v) is 85.2. The Kier molecular flexibility index (Phi) is 25.7. The lowest BCUT2D eigenvalue weighted by Crippen LogP contribution is -2.35. The first-order valence-corrected chi connectivity index (χ1v) is 59.0. The van der Waals surface area contributed by atoms with Gasteiger partial charge in [0.15, 0.2) is 23.3 Å². The Balaban J connectivity index is 0.888. The zero-order valence-electron chi connectivity index (χ0n) is 78.1. The van der Waals surface area contributed by atoms with Crippen LogP contribution in [0.1, 0.15) is 0 Å². The predicted molar refractivity (Wildman–Crippen MR) is 626 cm³/mol. The van der Waals surface area contributed by atoms with E-state index in [1.807, 2.05) is 0 Å². The standard InChI is InChI=1S/C128H90N8P8/c1-17-49-89(50-18-1)137(90-51-19-2-20-52-90)113-81-105-106(82-114(113)138(91-53-21-3-22-54-91)92-55-23-4-24-56-92)122-129-121(105)133-123-107-83-115(139(93-57-25-5-26-58-93)94-59-27-6-28-60-94)116(140(95-61-29-7-30-62-95)96-63-31-8-32-64-96)84-108(107)125(130-123)135-127-111-87-119(143(101-73-41-13-42-74-101)102-75-43-14-44-76-102)120(144(103-77-45-15-46-78-103)104-79-47-16-48-80-104)88-112(111)128(132-127)136-126-110-86-118(142(99-69-37-11-38-70-99)100-71-39-12-40-72-100)117(85-109(110)124(131-126)134-122)141(97-65-33-9-34-66-97)98-67-35-10-36-68-98/h1-88H,(H2,129,130,131,132,133,134,135,136). The third kappa shape index (κ3) is 17.8. The van der Waals surface area contributed by atoms with Gasteiger partial charge in [0.05, 0.1) is 0 Å². The van der Waals surface area contributed by atoms with Crippen molar-refractivity contribution in [2.75, 3.05) is 0 Å². The second-order valence-corrected chi connectivity index (χ2v) is 52.7. The van der Waals surface area contributed by atoms with E-state index in [2.05, 4.69) is 544 Å². The maximum Gasteiger partial charge on any atom is 0.164 e. The van der Waals surface area contributed by atoms with Crippen molar-refractivity contribution in [3.63, 3.8) is 0 Å². The molecule has 5 heterocycles. The highest BCUT2D eigenvalue weighted by Crippen LogP contribution is 2.50. The summed E-state index contributed by atoms with van der Waals surface area (Å²) in [7, 11) is -10.6. The molecule has 0 radical (unpaired) electrons. The molecule has 8 nitrogen and oxygen atoms in total. The molecule has 0 fully saturated rings. The molecular formula is C128H90N8P8. The minimum absolute atomic E-state index is 0.504. The van der Waals surface area contributed by atoms with Crippen LogP contribution in [0.2, 0.25) is 0 Å². The van der Waals surface area contributed by atoms with Crippen LogP contribution in [0, 0.1) is 0 Å². The largest absolute Gasteiger partial charge is 0.324 e. The van der Waals surface area contributed by atoms with E-state index < -0.39 is 63.4 Å². The summed E-state index contributed by atoms with van der Waals surface area (Å²) in [6.45, 7) is 0. The summed E-state index contributed by atoms with van der Waals surface area (Å²) >= 11 is 0. The van der Waals surface area contributed by atoms with E-state index in [1.54, 1.807) is 0 Å². The molecule has 16 heteroatoms. The third-order valence-electron chi connectivity index (χ3n) is 26.4. The van der Waals surface area contributed by atoms with E-state index in [9.17, 15) is 0 Å². The predicted octanol–water partition coefficient (Wildman–Crippen LogP) is 20.9. The maximum absolute atomic E-state index is 6.31. The topological polar surface area (TPSA) is 109 Å². The molecule has 23 aromatic rings. The highest BCUT2D eigenvalue weighted by atomic mass is 31.1. The molecular weight excluding hydrogens is 1900 g/mol. The van der Waals surface area contributed by atoms with Crippen LogP contribution in [-0.2, 0) is 0 Å². The van der Waals surface area contributed by atoms with Gasteiger partial charge in [0.25, 0.3) is 0 Å². The average molecular weight is 1990 g/mol. The summed E-state index contributed by atoms with van der Waals surface area (Å²) in [5.41, 5.74) is 5.78. The fourth-order valence-corrected chi connectivity index (χ4v) is 41.1. The van der Waals surface area contributed by atoms with Crippen molar-refractivity contribution in [3.8, 4) is 45.6 Å². The van der Waals surface area contributed by atoms with Gasteiger partial charge in [-0.15, -0.1) is 0 Å². The van der Waals surface area contributed by atoms with Gasteiger partial charge in [-0.05, 0) is 239 Å². The van der Waals surface area contributed by atoms with Crippen LogP contribution in [0.3, 0.4) is 0 Å². The number of hydrogen-bond donors (Lipinski definition) is 2. The molecule has 3 aromatic heterocycles. The van der Waals surface area contributed by atoms with Crippen molar-refractivity contribution in [1.82, 2.24) is 39.9 Å². The molecule has 0 amide bonds. The SMILES string of the molecule is c1ccc(P(c2ccccc2)c2cc3c(cc2P(c2ccccc2)c2ccccc2)-c2nc-3nc3[nH]c(nc4nc(nc5[nH]c(n2)c2cc(P(c6ccccc6)c6ccccc6)c(P(c6ccccc6)c6ccccc6)cc52)-c2cc(P(c5ccccc5)c5ccccc5)c(P(c5ccccc5)c5ccccc5)cc2-4)c2cc(P(c4ccccc4)c4ccccc4)c(P(c4ccccc4)c4ccccc4)cc32)cc1. The molecule has 0 atom stereocenters. The Labute approximate surface area is 847 Å². The van der Waals surface area contributed by atoms with Crippen molar-refractivity contribution in [3.05, 3.63) is 534 Å². The highest BCUT2D eigenvalue weighted by molar-refractivity contribution is 7.88. The molecule has 8 bridgehead atoms. The van der Waals surface area contributed by atoms with Crippen molar-refractivity contribution in [2.45, 2.75) is 0 Å². The summed E-state index contributed by atoms with van der Waals surface area (Å²) in [5.74, 6) is 2.02. The van der Waals surface area contributed by atoms with Crippen LogP contribution in [0.25, 0.3) is 89.7 Å². The molecule has 20 aromatic carbocycles. The first-order chi connectivity index (χ1) is 71.5. The van der Waals surface area contributed by atoms with E-state index in [1.165, 1.54) is 127 Å². The number of nitrogens with zero attached hydrogens (tertiary/aromatic N) is 6. The Morgan fingerprint density at radius 1 is 0.118 bits per heavy atom. The molecule has 144 heavy (non-hydrogen) atoms. The monoisotopic (exact) mass is 1990 g/mol. The van der Waals surface area contributed by atoms with Gasteiger partial charge in [-0.1, -0.05) is 485 Å². The molecule has 2 N–H and O–H groups in total. The molecule has 2 aliphatic rings. The number of aromatic amines is 2. The second-order valence-electron chi connectivity index (χ2n) is 35.2. The smallest absolute Gasteiger partial charge is 0.164 e. The first kappa shape index (κ1) is 90.5. The second kappa shape index (κ2) is 40.9. The Morgan fingerprint density at radius 3 is 0.333 bits per heavy atom. The van der Waals surface area contributed by atoms with Crippen LogP contribution >= 0.6 is 63.4 Å². The van der Waals surface area contributed by atoms with Crippen LogP contribution in [-0.4, -0.2) is 39.9 Å². The number of rotatable bonds is 24. The van der Waals surface area contributed by atoms with Crippen molar-refractivity contribution < 1.29 is 0 Å². The van der Waals surface area contributed by atoms with E-state index in [0.29, 0.717) is 45.9 Å². The summed E-state index contributed by atoms with van der Waals surface area (Å²) in [6.07, 6.45) is 0. The molecule has 0 spiro atoms. The fourth-order valence-electron chi connectivity index (χ4n) is 20.0. The number of H-pyrrole nitrogens is 2. The van der Waals surface area contributed by atoms with E-state index in [0.717, 1.165) is 43.8 Å². The quantitative estimate of drug-likeness (QED) is 0.0584. The van der Waals surface area contributed by atoms with Crippen LogP contribution in [0.4, 0.5) is 0 Å². The van der Waals surface area contributed by atoms with Gasteiger partial charge in [-0.2, -0.15) is 0 Å². The van der Waals surface area contributed by atoms with Crippen molar-refractivity contribution in [1.29, 1.82) is 0 Å². The molecule has 0 saturated carbocycles. The lowest BCUT2D eigenvalue weighted by atomic mass is 10.1. The molecule has 0 saturated heterocycles. The van der Waals surface area contributed by atoms with E-state index in [4.69, 9.17) is 29.9 Å². The molecule has 0 unspecified atom stereocenters. The maximum atomic E-state index is 6.31. The van der Waals surface area contributed by atoms with Crippen molar-refractivity contribution in [2.24, 2.45) is 0 Å². The highest BCUT2D eigenvalue weighted by Gasteiger charge is 2.38. The van der Waals surface area contributed by atoms with Crippen LogP contribution < -0.4 is 127 Å². The Morgan fingerprint density at radius 2 is 0.222 bits per heavy atom.